The molecule has 0 N–H and O–H groups in total. The van der Waals surface area contributed by atoms with Crippen LogP contribution in [0.4, 0.5) is 0 Å². The van der Waals surface area contributed by atoms with Crippen LogP contribution in [0.1, 0.15) is 19.8 Å². The molecule has 0 aromatic heterocycles. The van der Waals surface area contributed by atoms with Crippen molar-refractivity contribution in [2.45, 2.75) is 31.5 Å². The summed E-state index contributed by atoms with van der Waals surface area (Å²) in [7, 11) is 1.51. The van der Waals surface area contributed by atoms with E-state index in [1.165, 1.54) is 13.2 Å². The van der Waals surface area contributed by atoms with Crippen LogP contribution in [-0.2, 0) is 14.3 Å². The highest BCUT2D eigenvalue weighted by molar-refractivity contribution is 6.03. The highest BCUT2D eigenvalue weighted by Crippen LogP contribution is 2.35. The Labute approximate surface area is 83.4 Å². The zero-order valence-electron chi connectivity index (χ0n) is 8.45. The van der Waals surface area contributed by atoms with E-state index in [4.69, 9.17) is 9.47 Å². The van der Waals surface area contributed by atoms with E-state index >= 15 is 0 Å². The van der Waals surface area contributed by atoms with Crippen molar-refractivity contribution < 1.29 is 14.3 Å². The Bertz CT molecular complexity index is 316. The third-order valence-electron chi connectivity index (χ3n) is 2.72. The Morgan fingerprint density at radius 2 is 2.43 bits per heavy atom. The lowest BCUT2D eigenvalue weighted by atomic mass is 9.93. The van der Waals surface area contributed by atoms with Gasteiger partial charge < -0.3 is 9.47 Å². The number of ketones is 1. The van der Waals surface area contributed by atoms with Gasteiger partial charge in [0.1, 0.15) is 5.60 Å². The van der Waals surface area contributed by atoms with Gasteiger partial charge in [-0.1, -0.05) is 0 Å². The monoisotopic (exact) mass is 194 g/mol. The minimum atomic E-state index is -0.390. The fourth-order valence-corrected chi connectivity index (χ4v) is 1.95. The highest BCUT2D eigenvalue weighted by atomic mass is 16.5. The molecule has 3 nitrogen and oxygen atoms in total. The first-order chi connectivity index (χ1) is 6.65. The number of hydrogen-bond acceptors (Lipinski definition) is 3. The molecule has 0 amide bonds. The Kier molecular flexibility index (Phi) is 2.19. The topological polar surface area (TPSA) is 35.5 Å². The summed E-state index contributed by atoms with van der Waals surface area (Å²) in [5.74, 6) is 0.308. The molecule has 3 heteroatoms. The van der Waals surface area contributed by atoms with Gasteiger partial charge in [-0.3, -0.25) is 4.79 Å². The molecule has 1 spiro atoms. The maximum absolute atomic E-state index is 11.3. The summed E-state index contributed by atoms with van der Waals surface area (Å²) in [5, 5.41) is 0. The average Bonchev–Trinajstić information content (AvgIpc) is 2.53. The van der Waals surface area contributed by atoms with Crippen molar-refractivity contribution >= 4 is 5.78 Å². The predicted octanol–water partition coefficient (Wildman–Crippen LogP) is 1.59. The summed E-state index contributed by atoms with van der Waals surface area (Å²) in [6, 6.07) is 0. The zero-order valence-corrected chi connectivity index (χ0v) is 8.45. The van der Waals surface area contributed by atoms with Gasteiger partial charge in [0.25, 0.3) is 0 Å². The highest BCUT2D eigenvalue weighted by Gasteiger charge is 2.37. The number of ether oxygens (including phenoxy) is 2. The van der Waals surface area contributed by atoms with Crippen molar-refractivity contribution in [3.63, 3.8) is 0 Å². The molecule has 2 aliphatic rings. The lowest BCUT2D eigenvalue weighted by Crippen LogP contribution is -2.28. The zero-order chi connectivity index (χ0) is 10.2. The third-order valence-corrected chi connectivity index (χ3v) is 2.72. The lowest BCUT2D eigenvalue weighted by Gasteiger charge is -2.25. The quantitative estimate of drug-likeness (QED) is 0.636. The van der Waals surface area contributed by atoms with Gasteiger partial charge in [-0.2, -0.15) is 0 Å². The SMILES string of the molecule is COC1=CC2(C=CC1=O)CCC(C)O2. The van der Waals surface area contributed by atoms with Crippen LogP contribution in [-0.4, -0.2) is 24.6 Å². The van der Waals surface area contributed by atoms with Crippen LogP contribution >= 0.6 is 0 Å². The summed E-state index contributed by atoms with van der Waals surface area (Å²) in [5.41, 5.74) is -0.390. The molecule has 2 rings (SSSR count). The second-order valence-electron chi connectivity index (χ2n) is 3.83. The maximum Gasteiger partial charge on any atom is 0.219 e. The number of methoxy groups -OCH3 is 1. The van der Waals surface area contributed by atoms with Crippen LogP contribution in [0.5, 0.6) is 0 Å². The molecule has 2 unspecified atom stereocenters. The number of allylic oxidation sites excluding steroid dienone is 1. The third kappa shape index (κ3) is 1.48. The van der Waals surface area contributed by atoms with Gasteiger partial charge in [-0.05, 0) is 38.0 Å². The molecule has 14 heavy (non-hydrogen) atoms. The standard InChI is InChI=1S/C11H14O3/c1-8-3-5-11(14-8)6-4-9(12)10(7-11)13-2/h4,6-8H,3,5H2,1-2H3. The molecular weight excluding hydrogens is 180 g/mol. The minimum absolute atomic E-state index is 0.0821. The average molecular weight is 194 g/mol. The van der Waals surface area contributed by atoms with Crippen molar-refractivity contribution in [3.8, 4) is 0 Å². The predicted molar refractivity (Wildman–Crippen MR) is 51.8 cm³/mol. The second-order valence-corrected chi connectivity index (χ2v) is 3.83. The molecule has 1 fully saturated rings. The number of carbonyl (C=O) groups is 1. The van der Waals surface area contributed by atoms with E-state index in [1.54, 1.807) is 6.08 Å². The Morgan fingerprint density at radius 1 is 1.64 bits per heavy atom. The Hall–Kier alpha value is -1.09. The van der Waals surface area contributed by atoms with Gasteiger partial charge in [0.15, 0.2) is 5.76 Å². The molecule has 1 aliphatic carbocycles. The minimum Gasteiger partial charge on any atom is -0.493 e. The fourth-order valence-electron chi connectivity index (χ4n) is 1.95. The van der Waals surface area contributed by atoms with Gasteiger partial charge in [-0.25, -0.2) is 0 Å². The molecule has 2 atom stereocenters. The second kappa shape index (κ2) is 3.24. The summed E-state index contributed by atoms with van der Waals surface area (Å²) in [6.45, 7) is 2.04. The smallest absolute Gasteiger partial charge is 0.219 e. The largest absolute Gasteiger partial charge is 0.493 e. The van der Waals surface area contributed by atoms with Crippen LogP contribution < -0.4 is 0 Å². The number of rotatable bonds is 1. The van der Waals surface area contributed by atoms with Crippen molar-refractivity contribution in [2.75, 3.05) is 7.11 Å². The fraction of sp³-hybridized carbons (Fsp3) is 0.545. The van der Waals surface area contributed by atoms with E-state index in [1.807, 2.05) is 13.0 Å². The van der Waals surface area contributed by atoms with E-state index in [0.717, 1.165) is 12.8 Å². The summed E-state index contributed by atoms with van der Waals surface area (Å²) < 4.78 is 10.8. The van der Waals surface area contributed by atoms with E-state index in [9.17, 15) is 4.79 Å². The molecule has 0 aromatic rings. The van der Waals surface area contributed by atoms with Crippen LogP contribution in [0.15, 0.2) is 24.0 Å². The van der Waals surface area contributed by atoms with Crippen molar-refractivity contribution in [1.29, 1.82) is 0 Å². The van der Waals surface area contributed by atoms with E-state index in [-0.39, 0.29) is 11.9 Å². The van der Waals surface area contributed by atoms with Crippen molar-refractivity contribution in [2.24, 2.45) is 0 Å². The van der Waals surface area contributed by atoms with Gasteiger partial charge >= 0.3 is 0 Å². The number of hydrogen-bond donors (Lipinski definition) is 0. The van der Waals surface area contributed by atoms with Gasteiger partial charge in [0.05, 0.1) is 13.2 Å². The first-order valence-corrected chi connectivity index (χ1v) is 4.83. The first kappa shape index (κ1) is 9.46. The molecule has 1 heterocycles. The molecule has 0 bridgehead atoms. The maximum atomic E-state index is 11.3. The normalized spacial score (nSPS) is 36.3. The van der Waals surface area contributed by atoms with Crippen LogP contribution in [0, 0.1) is 0 Å². The van der Waals surface area contributed by atoms with E-state index in [0.29, 0.717) is 5.76 Å². The van der Waals surface area contributed by atoms with E-state index in [2.05, 4.69) is 0 Å². The van der Waals surface area contributed by atoms with Crippen LogP contribution in [0.2, 0.25) is 0 Å². The Balaban J connectivity index is 2.26. The van der Waals surface area contributed by atoms with Gasteiger partial charge in [0.2, 0.25) is 5.78 Å². The van der Waals surface area contributed by atoms with Crippen LogP contribution in [0.25, 0.3) is 0 Å². The van der Waals surface area contributed by atoms with E-state index < -0.39 is 5.60 Å². The summed E-state index contributed by atoms with van der Waals surface area (Å²) in [4.78, 5) is 11.3. The summed E-state index contributed by atoms with van der Waals surface area (Å²) >= 11 is 0. The van der Waals surface area contributed by atoms with Gasteiger partial charge in [-0.15, -0.1) is 0 Å². The molecular formula is C11H14O3. The molecule has 0 radical (unpaired) electrons. The molecule has 76 valence electrons. The molecule has 0 saturated carbocycles. The summed E-state index contributed by atoms with van der Waals surface area (Å²) in [6.07, 6.45) is 7.36. The van der Waals surface area contributed by atoms with Crippen LogP contribution in [0.3, 0.4) is 0 Å². The lowest BCUT2D eigenvalue weighted by molar-refractivity contribution is -0.114. The molecule has 1 aliphatic heterocycles. The molecule has 0 aromatic carbocycles. The van der Waals surface area contributed by atoms with Crippen molar-refractivity contribution in [1.82, 2.24) is 0 Å². The molecule has 1 saturated heterocycles. The van der Waals surface area contributed by atoms with Gasteiger partial charge in [0, 0.05) is 0 Å². The number of carbonyl (C=O) groups excluding carboxylic acids is 1. The first-order valence-electron chi connectivity index (χ1n) is 4.83. The Morgan fingerprint density at radius 3 is 3.00 bits per heavy atom. The van der Waals surface area contributed by atoms with Crippen molar-refractivity contribution in [3.05, 3.63) is 24.0 Å².